The van der Waals surface area contributed by atoms with E-state index in [1.165, 1.54) is 0 Å². The molecule has 3 heterocycles. The molecule has 0 unspecified atom stereocenters. The molecule has 2 aliphatic heterocycles. The van der Waals surface area contributed by atoms with E-state index < -0.39 is 0 Å². The van der Waals surface area contributed by atoms with Crippen LogP contribution in [0.5, 0.6) is 5.88 Å². The van der Waals surface area contributed by atoms with E-state index in [1.54, 1.807) is 0 Å². The first kappa shape index (κ1) is 19.3. The molecule has 0 amide bonds. The Morgan fingerprint density at radius 1 is 1.25 bits per heavy atom. The van der Waals surface area contributed by atoms with Crippen molar-refractivity contribution in [2.24, 2.45) is 4.99 Å². The maximum absolute atomic E-state index is 11.3. The molecule has 0 saturated carbocycles. The van der Waals surface area contributed by atoms with Crippen molar-refractivity contribution in [1.29, 1.82) is 0 Å². The Hall–Kier alpha value is -2.05. The summed E-state index contributed by atoms with van der Waals surface area (Å²) >= 11 is 0. The van der Waals surface area contributed by atoms with Crippen LogP contribution in [0.3, 0.4) is 0 Å². The topological polar surface area (TPSA) is 62.0 Å². The van der Waals surface area contributed by atoms with Gasteiger partial charge in [-0.1, -0.05) is 0 Å². The molecule has 2 N–H and O–H groups in total. The molecule has 2 aliphatic rings. The number of anilines is 1. The normalized spacial score (nSPS) is 21.1. The van der Waals surface area contributed by atoms with Gasteiger partial charge in [-0.15, -0.1) is 0 Å². The molecule has 1 atom stereocenters. The Balaban J connectivity index is 1.83. The van der Waals surface area contributed by atoms with Crippen LogP contribution in [0.1, 0.15) is 45.7 Å². The number of nitrogens with one attached hydrogen (secondary N) is 1. The lowest BCUT2D eigenvalue weighted by atomic mass is 10.1. The molecule has 0 spiro atoms. The van der Waals surface area contributed by atoms with Crippen LogP contribution in [0.15, 0.2) is 23.2 Å². The second kappa shape index (κ2) is 7.76. The number of aliphatic imine (C=N–C) groups is 1. The van der Waals surface area contributed by atoms with Gasteiger partial charge in [-0.05, 0) is 52.3 Å². The van der Waals surface area contributed by atoms with Crippen LogP contribution in [0, 0.1) is 0 Å². The Labute approximate surface area is 167 Å². The van der Waals surface area contributed by atoms with Crippen molar-refractivity contribution in [3.05, 3.63) is 23.8 Å². The largest absolute Gasteiger partial charge is 0.494 e. The highest BCUT2D eigenvalue weighted by molar-refractivity contribution is 6.14. The third kappa shape index (κ3) is 3.51. The monoisotopic (exact) mass is 384 g/mol. The number of ether oxygens (including phenoxy) is 1. The first-order valence-electron chi connectivity index (χ1n) is 10.4. The minimum Gasteiger partial charge on any atom is -0.494 e. The van der Waals surface area contributed by atoms with E-state index in [9.17, 15) is 5.11 Å². The van der Waals surface area contributed by atoms with Crippen LogP contribution in [0.2, 0.25) is 0 Å². The summed E-state index contributed by atoms with van der Waals surface area (Å²) in [5.74, 6) is 0.330. The van der Waals surface area contributed by atoms with Crippen molar-refractivity contribution in [3.63, 3.8) is 0 Å². The van der Waals surface area contributed by atoms with Gasteiger partial charge in [0.15, 0.2) is 0 Å². The zero-order valence-corrected chi connectivity index (χ0v) is 17.4. The molecule has 28 heavy (non-hydrogen) atoms. The standard InChI is InChI=1S/C22H32N4O2/c1-14(2)24-16-5-6-20-18(11-16)21(19-13-28-10-8-23-19)22(27)26(20)17-7-9-25(12-17)15(3)4/h5-6,11,14-15,17,24,27H,7-10,12-13H2,1-4H3/t17-/m0/s1. The van der Waals surface area contributed by atoms with Crippen LogP contribution >= 0.6 is 0 Å². The molecule has 152 valence electrons. The van der Waals surface area contributed by atoms with Gasteiger partial charge in [0, 0.05) is 36.2 Å². The summed E-state index contributed by atoms with van der Waals surface area (Å²) in [7, 11) is 0. The van der Waals surface area contributed by atoms with Crippen molar-refractivity contribution >= 4 is 22.3 Å². The molecule has 1 aromatic carbocycles. The number of likely N-dealkylation sites (tertiary alicyclic amines) is 1. The molecule has 1 saturated heterocycles. The highest BCUT2D eigenvalue weighted by atomic mass is 16.5. The lowest BCUT2D eigenvalue weighted by Crippen LogP contribution is -2.28. The highest BCUT2D eigenvalue weighted by Gasteiger charge is 2.31. The molecular weight excluding hydrogens is 352 g/mol. The summed E-state index contributed by atoms with van der Waals surface area (Å²) in [5, 5.41) is 15.8. The number of hydrogen-bond acceptors (Lipinski definition) is 5. The van der Waals surface area contributed by atoms with Gasteiger partial charge >= 0.3 is 0 Å². The van der Waals surface area contributed by atoms with Crippen LogP contribution in [-0.2, 0) is 4.74 Å². The Morgan fingerprint density at radius 3 is 2.71 bits per heavy atom. The Bertz CT molecular complexity index is 884. The molecule has 2 aromatic rings. The molecule has 1 fully saturated rings. The predicted molar refractivity (Wildman–Crippen MR) is 115 cm³/mol. The van der Waals surface area contributed by atoms with E-state index in [0.717, 1.165) is 47.4 Å². The van der Waals surface area contributed by atoms with E-state index in [4.69, 9.17) is 4.74 Å². The first-order valence-corrected chi connectivity index (χ1v) is 10.4. The second-order valence-corrected chi connectivity index (χ2v) is 8.51. The van der Waals surface area contributed by atoms with E-state index in [2.05, 4.69) is 65.7 Å². The van der Waals surface area contributed by atoms with Gasteiger partial charge in [-0.25, -0.2) is 0 Å². The van der Waals surface area contributed by atoms with Crippen LogP contribution in [0.4, 0.5) is 5.69 Å². The summed E-state index contributed by atoms with van der Waals surface area (Å²) in [6, 6.07) is 7.52. The molecular formula is C22H32N4O2. The zero-order valence-electron chi connectivity index (χ0n) is 17.4. The van der Waals surface area contributed by atoms with Crippen molar-refractivity contribution < 1.29 is 9.84 Å². The van der Waals surface area contributed by atoms with Crippen LogP contribution in [0.25, 0.3) is 10.9 Å². The van der Waals surface area contributed by atoms with Gasteiger partial charge in [0.05, 0.1) is 42.6 Å². The fourth-order valence-electron chi connectivity index (χ4n) is 4.44. The number of aromatic hydroxyl groups is 1. The maximum Gasteiger partial charge on any atom is 0.201 e. The summed E-state index contributed by atoms with van der Waals surface area (Å²) in [6.07, 6.45) is 1.05. The average molecular weight is 385 g/mol. The lowest BCUT2D eigenvalue weighted by Gasteiger charge is -2.21. The third-order valence-electron chi connectivity index (χ3n) is 5.79. The minimum absolute atomic E-state index is 0.271. The lowest BCUT2D eigenvalue weighted by molar-refractivity contribution is 0.171. The summed E-state index contributed by atoms with van der Waals surface area (Å²) in [4.78, 5) is 7.15. The molecule has 6 heteroatoms. The fourth-order valence-corrected chi connectivity index (χ4v) is 4.44. The maximum atomic E-state index is 11.3. The van der Waals surface area contributed by atoms with Gasteiger partial charge < -0.3 is 19.7 Å². The van der Waals surface area contributed by atoms with Crippen molar-refractivity contribution in [2.75, 3.05) is 38.2 Å². The number of fused-ring (bicyclic) bond motifs is 1. The second-order valence-electron chi connectivity index (χ2n) is 8.51. The fraction of sp³-hybridized carbons (Fsp3) is 0.591. The molecule has 6 nitrogen and oxygen atoms in total. The smallest absolute Gasteiger partial charge is 0.201 e. The summed E-state index contributed by atoms with van der Waals surface area (Å²) < 4.78 is 7.77. The van der Waals surface area contributed by atoms with Crippen LogP contribution in [-0.4, -0.2) is 65.2 Å². The quantitative estimate of drug-likeness (QED) is 0.826. The van der Waals surface area contributed by atoms with E-state index in [0.29, 0.717) is 37.7 Å². The predicted octanol–water partition coefficient (Wildman–Crippen LogP) is 3.64. The average Bonchev–Trinajstić information content (AvgIpc) is 3.24. The van der Waals surface area contributed by atoms with Gasteiger partial charge in [-0.3, -0.25) is 9.89 Å². The minimum atomic E-state index is 0.271. The first-order chi connectivity index (χ1) is 13.5. The molecule has 0 radical (unpaired) electrons. The van der Waals surface area contributed by atoms with Crippen LogP contribution < -0.4 is 5.32 Å². The van der Waals surface area contributed by atoms with Crippen molar-refractivity contribution in [2.45, 2.75) is 52.2 Å². The van der Waals surface area contributed by atoms with Gasteiger partial charge in [0.2, 0.25) is 5.88 Å². The van der Waals surface area contributed by atoms with E-state index in [1.807, 2.05) is 0 Å². The Kier molecular flexibility index (Phi) is 5.34. The van der Waals surface area contributed by atoms with Crippen molar-refractivity contribution in [1.82, 2.24) is 9.47 Å². The zero-order chi connectivity index (χ0) is 19.8. The van der Waals surface area contributed by atoms with E-state index in [-0.39, 0.29) is 6.04 Å². The SMILES string of the molecule is CC(C)Nc1ccc2c(c1)c(C1=NCCOC1)c(O)n2[C@H]1CCN(C(C)C)C1. The number of nitrogens with zero attached hydrogens (tertiary/aromatic N) is 3. The number of aromatic nitrogens is 1. The van der Waals surface area contributed by atoms with Crippen molar-refractivity contribution in [3.8, 4) is 5.88 Å². The number of hydrogen-bond donors (Lipinski definition) is 2. The van der Waals surface area contributed by atoms with E-state index >= 15 is 0 Å². The number of rotatable bonds is 5. The molecule has 0 bridgehead atoms. The van der Waals surface area contributed by atoms with Gasteiger partial charge in [-0.2, -0.15) is 0 Å². The summed E-state index contributed by atoms with van der Waals surface area (Å²) in [5.41, 5.74) is 3.83. The highest BCUT2D eigenvalue weighted by Crippen LogP contribution is 2.39. The van der Waals surface area contributed by atoms with Gasteiger partial charge in [0.1, 0.15) is 0 Å². The molecule has 4 rings (SSSR count). The van der Waals surface area contributed by atoms with Gasteiger partial charge in [0.25, 0.3) is 0 Å². The Morgan fingerprint density at radius 2 is 2.07 bits per heavy atom. The number of benzene rings is 1. The molecule has 0 aliphatic carbocycles. The third-order valence-corrected chi connectivity index (χ3v) is 5.79. The molecule has 1 aromatic heterocycles. The summed E-state index contributed by atoms with van der Waals surface area (Å²) in [6.45, 7) is 12.5.